The number of nitrogens with one attached hydrogen (secondary N) is 1. The van der Waals surface area contributed by atoms with E-state index in [-0.39, 0.29) is 17.3 Å². The molecule has 25 heavy (non-hydrogen) atoms. The molecule has 2 aromatic heterocycles. The fourth-order valence-corrected chi connectivity index (χ4v) is 2.17. The highest BCUT2D eigenvalue weighted by molar-refractivity contribution is 6.08. The molecule has 0 aliphatic carbocycles. The molecule has 0 unspecified atom stereocenters. The molecule has 2 heterocycles. The molecule has 0 spiro atoms. The van der Waals surface area contributed by atoms with Gasteiger partial charge in [0.2, 0.25) is 5.95 Å². The van der Waals surface area contributed by atoms with Crippen molar-refractivity contribution in [2.24, 2.45) is 7.05 Å². The summed E-state index contributed by atoms with van der Waals surface area (Å²) < 4.78 is 1.56. The molecule has 1 N–H and O–H groups in total. The zero-order valence-electron chi connectivity index (χ0n) is 15.6. The van der Waals surface area contributed by atoms with Crippen molar-refractivity contribution in [3.63, 3.8) is 0 Å². The van der Waals surface area contributed by atoms with Crippen LogP contribution in [0.5, 0.6) is 0 Å². The molecule has 0 aliphatic heterocycles. The van der Waals surface area contributed by atoms with E-state index in [0.29, 0.717) is 23.0 Å². The van der Waals surface area contributed by atoms with Crippen LogP contribution in [0.2, 0.25) is 0 Å². The fourth-order valence-electron chi connectivity index (χ4n) is 2.17. The van der Waals surface area contributed by atoms with Gasteiger partial charge >= 0.3 is 0 Å². The van der Waals surface area contributed by atoms with Gasteiger partial charge in [0, 0.05) is 40.9 Å². The summed E-state index contributed by atoms with van der Waals surface area (Å²) >= 11 is 0. The highest BCUT2D eigenvalue weighted by Gasteiger charge is 2.23. The minimum absolute atomic E-state index is 0.192. The summed E-state index contributed by atoms with van der Waals surface area (Å²) in [4.78, 5) is 36.6. The molecule has 134 valence electrons. The number of carbonyl (C=O) groups is 2. The quantitative estimate of drug-likeness (QED) is 0.882. The van der Waals surface area contributed by atoms with E-state index in [1.165, 1.54) is 4.90 Å². The van der Waals surface area contributed by atoms with Gasteiger partial charge in [0.05, 0.1) is 11.4 Å². The second-order valence-corrected chi connectivity index (χ2v) is 6.18. The summed E-state index contributed by atoms with van der Waals surface area (Å²) in [6, 6.07) is 1.60. The third-order valence-corrected chi connectivity index (χ3v) is 3.66. The zero-order valence-corrected chi connectivity index (χ0v) is 15.6. The number of hydrogen-bond donors (Lipinski definition) is 1. The lowest BCUT2D eigenvalue weighted by Crippen LogP contribution is -2.25. The maximum Gasteiger partial charge on any atom is 0.276 e. The first-order chi connectivity index (χ1) is 11.6. The standard InChI is InChI=1S/C16H23N7O2/c1-9-8-11(18-16(17-9)22(5)6)14(24)19-12-10(2)23(7)20-13(12)15(25)21(3)4/h8H,1-7H3,(H,19,24). The Balaban J connectivity index is 2.40. The number of aromatic nitrogens is 4. The first-order valence-electron chi connectivity index (χ1n) is 7.71. The summed E-state index contributed by atoms with van der Waals surface area (Å²) in [5, 5.41) is 6.98. The van der Waals surface area contributed by atoms with Gasteiger partial charge in [0.15, 0.2) is 5.69 Å². The molecule has 2 amide bonds. The SMILES string of the molecule is Cc1cc(C(=O)Nc2c(C(=O)N(C)C)nn(C)c2C)nc(N(C)C)n1. The van der Waals surface area contributed by atoms with E-state index in [9.17, 15) is 9.59 Å². The molecule has 2 rings (SSSR count). The van der Waals surface area contributed by atoms with E-state index in [4.69, 9.17) is 0 Å². The first-order valence-corrected chi connectivity index (χ1v) is 7.71. The Morgan fingerprint density at radius 2 is 1.76 bits per heavy atom. The van der Waals surface area contributed by atoms with Gasteiger partial charge in [-0.3, -0.25) is 14.3 Å². The summed E-state index contributed by atoms with van der Waals surface area (Å²) in [6.07, 6.45) is 0. The van der Waals surface area contributed by atoms with Crippen LogP contribution in [0.4, 0.5) is 11.6 Å². The second kappa shape index (κ2) is 6.88. The molecule has 0 fully saturated rings. The van der Waals surface area contributed by atoms with Gasteiger partial charge in [-0.05, 0) is 19.9 Å². The van der Waals surface area contributed by atoms with E-state index in [1.54, 1.807) is 64.7 Å². The van der Waals surface area contributed by atoms with Crippen LogP contribution >= 0.6 is 0 Å². The molecule has 0 saturated heterocycles. The number of hydrogen-bond acceptors (Lipinski definition) is 6. The lowest BCUT2D eigenvalue weighted by Gasteiger charge is -2.13. The predicted octanol–water partition coefficient (Wildman–Crippen LogP) is 0.847. The number of rotatable bonds is 4. The Morgan fingerprint density at radius 3 is 2.32 bits per heavy atom. The molecule has 0 atom stereocenters. The van der Waals surface area contributed by atoms with Gasteiger partial charge in [-0.2, -0.15) is 5.10 Å². The maximum atomic E-state index is 12.7. The maximum absolute atomic E-state index is 12.7. The normalized spacial score (nSPS) is 10.5. The van der Waals surface area contributed by atoms with Gasteiger partial charge in [-0.15, -0.1) is 0 Å². The lowest BCUT2D eigenvalue weighted by atomic mass is 10.2. The monoisotopic (exact) mass is 345 g/mol. The first kappa shape index (κ1) is 18.4. The number of anilines is 2. The van der Waals surface area contributed by atoms with Gasteiger partial charge < -0.3 is 15.1 Å². The van der Waals surface area contributed by atoms with Gasteiger partial charge in [-0.25, -0.2) is 9.97 Å². The van der Waals surface area contributed by atoms with Gasteiger partial charge in [0.25, 0.3) is 11.8 Å². The molecule has 0 aromatic carbocycles. The van der Waals surface area contributed by atoms with Crippen molar-refractivity contribution in [1.29, 1.82) is 0 Å². The summed E-state index contributed by atoms with van der Waals surface area (Å²) in [6.45, 7) is 3.58. The van der Waals surface area contributed by atoms with Crippen LogP contribution in [0.25, 0.3) is 0 Å². The third kappa shape index (κ3) is 3.76. The highest BCUT2D eigenvalue weighted by Crippen LogP contribution is 2.21. The molecule has 0 saturated carbocycles. The molecular formula is C16H23N7O2. The van der Waals surface area contributed by atoms with Crippen molar-refractivity contribution in [3.05, 3.63) is 28.8 Å². The van der Waals surface area contributed by atoms with Crippen LogP contribution in [0.3, 0.4) is 0 Å². The van der Waals surface area contributed by atoms with Crippen molar-refractivity contribution in [2.75, 3.05) is 38.4 Å². The number of carbonyl (C=O) groups excluding carboxylic acids is 2. The van der Waals surface area contributed by atoms with Crippen LogP contribution in [0.1, 0.15) is 32.4 Å². The van der Waals surface area contributed by atoms with Gasteiger partial charge in [-0.1, -0.05) is 0 Å². The summed E-state index contributed by atoms with van der Waals surface area (Å²) in [5.74, 6) is -0.262. The average molecular weight is 345 g/mol. The largest absolute Gasteiger partial charge is 0.347 e. The van der Waals surface area contributed by atoms with Crippen LogP contribution < -0.4 is 10.2 Å². The molecule has 2 aromatic rings. The Labute approximate surface area is 146 Å². The number of amides is 2. The van der Waals surface area contributed by atoms with Crippen molar-refractivity contribution in [3.8, 4) is 0 Å². The zero-order chi connectivity index (χ0) is 18.9. The Bertz CT molecular complexity index is 824. The molecule has 9 nitrogen and oxygen atoms in total. The molecule has 0 radical (unpaired) electrons. The van der Waals surface area contributed by atoms with E-state index in [0.717, 1.165) is 0 Å². The highest BCUT2D eigenvalue weighted by atomic mass is 16.2. The average Bonchev–Trinajstić information content (AvgIpc) is 2.81. The van der Waals surface area contributed by atoms with E-state index >= 15 is 0 Å². The van der Waals surface area contributed by atoms with Crippen LogP contribution in [0.15, 0.2) is 6.07 Å². The minimum Gasteiger partial charge on any atom is -0.347 e. The number of nitrogens with zero attached hydrogens (tertiary/aromatic N) is 6. The lowest BCUT2D eigenvalue weighted by molar-refractivity contribution is 0.0822. The summed E-state index contributed by atoms with van der Waals surface area (Å²) in [5.41, 5.74) is 2.15. The molecule has 0 aliphatic rings. The molecular weight excluding hydrogens is 322 g/mol. The van der Waals surface area contributed by atoms with E-state index in [2.05, 4.69) is 20.4 Å². The third-order valence-electron chi connectivity index (χ3n) is 3.66. The fraction of sp³-hybridized carbons (Fsp3) is 0.438. The van der Waals surface area contributed by atoms with Crippen LogP contribution in [-0.4, -0.2) is 64.7 Å². The molecule has 9 heteroatoms. The smallest absolute Gasteiger partial charge is 0.276 e. The van der Waals surface area contributed by atoms with Crippen molar-refractivity contribution in [1.82, 2.24) is 24.6 Å². The van der Waals surface area contributed by atoms with Crippen molar-refractivity contribution in [2.45, 2.75) is 13.8 Å². The summed E-state index contributed by atoms with van der Waals surface area (Å²) in [7, 11) is 8.59. The second-order valence-electron chi connectivity index (χ2n) is 6.18. The van der Waals surface area contributed by atoms with Crippen molar-refractivity contribution >= 4 is 23.5 Å². The van der Waals surface area contributed by atoms with Crippen LogP contribution in [0, 0.1) is 13.8 Å². The molecule has 0 bridgehead atoms. The topological polar surface area (TPSA) is 96.2 Å². The predicted molar refractivity (Wildman–Crippen MR) is 95.0 cm³/mol. The van der Waals surface area contributed by atoms with Crippen molar-refractivity contribution < 1.29 is 9.59 Å². The Morgan fingerprint density at radius 1 is 1.12 bits per heavy atom. The Kier molecular flexibility index (Phi) is 5.05. The van der Waals surface area contributed by atoms with E-state index in [1.807, 2.05) is 0 Å². The minimum atomic E-state index is -0.419. The van der Waals surface area contributed by atoms with Gasteiger partial charge in [0.1, 0.15) is 5.69 Å². The Hall–Kier alpha value is -2.97. The van der Waals surface area contributed by atoms with Crippen LogP contribution in [-0.2, 0) is 7.05 Å². The van der Waals surface area contributed by atoms with E-state index < -0.39 is 5.91 Å². The number of aryl methyl sites for hydroxylation is 2.